The van der Waals surface area contributed by atoms with E-state index in [1.807, 2.05) is 0 Å². The van der Waals surface area contributed by atoms with Crippen molar-refractivity contribution >= 4 is 34.0 Å². The van der Waals surface area contributed by atoms with Gasteiger partial charge < -0.3 is 15.4 Å². The maximum atomic E-state index is 14.2. The Morgan fingerprint density at radius 3 is 2.83 bits per heavy atom. The molecule has 2 aromatic carbocycles. The Balaban J connectivity index is 2.00. The minimum absolute atomic E-state index is 0.0379. The number of hydrogen-bond acceptors (Lipinski definition) is 5. The minimum Gasteiger partial charge on any atom is -0.423 e. The van der Waals surface area contributed by atoms with Crippen LogP contribution in [0.4, 0.5) is 15.8 Å². The molecule has 0 spiro atoms. The molecular weight excluding hydrogens is 334 g/mol. The Kier molecular flexibility index (Phi) is 4.24. The van der Waals surface area contributed by atoms with Crippen molar-refractivity contribution in [3.63, 3.8) is 0 Å². The van der Waals surface area contributed by atoms with E-state index in [0.717, 1.165) is 6.07 Å². The van der Waals surface area contributed by atoms with E-state index in [1.165, 1.54) is 18.2 Å². The van der Waals surface area contributed by atoms with Gasteiger partial charge in [0.25, 0.3) is 10.0 Å². The van der Waals surface area contributed by atoms with Crippen LogP contribution in [0.5, 0.6) is 0 Å². The van der Waals surface area contributed by atoms with Gasteiger partial charge in [0.2, 0.25) is 0 Å². The monoisotopic (exact) mass is 350 g/mol. The predicted octanol–water partition coefficient (Wildman–Crippen LogP) is 0.989. The molecule has 0 aliphatic carbocycles. The van der Waals surface area contributed by atoms with Gasteiger partial charge in [-0.05, 0) is 53.3 Å². The Labute approximate surface area is 139 Å². The Hall–Kier alpha value is -2.10. The summed E-state index contributed by atoms with van der Waals surface area (Å²) >= 11 is 0. The fourth-order valence-electron chi connectivity index (χ4n) is 2.66. The number of nitrogens with two attached hydrogens (primary N) is 1. The van der Waals surface area contributed by atoms with Crippen molar-refractivity contribution in [2.24, 2.45) is 0 Å². The van der Waals surface area contributed by atoms with Crippen LogP contribution in [-0.4, -0.2) is 20.6 Å². The molecular formula is C15H16BFN2O4S. The molecule has 24 heavy (non-hydrogen) atoms. The van der Waals surface area contributed by atoms with Crippen molar-refractivity contribution in [2.75, 3.05) is 10.5 Å². The maximum absolute atomic E-state index is 14.2. The summed E-state index contributed by atoms with van der Waals surface area (Å²) in [4.78, 5) is 0.0379. The van der Waals surface area contributed by atoms with E-state index in [-0.39, 0.29) is 17.2 Å². The number of benzene rings is 2. The van der Waals surface area contributed by atoms with Crippen LogP contribution in [0.1, 0.15) is 18.1 Å². The zero-order valence-electron chi connectivity index (χ0n) is 12.9. The minimum atomic E-state index is -4.00. The third-order valence-corrected chi connectivity index (χ3v) is 5.36. The topological polar surface area (TPSA) is 102 Å². The third-order valence-electron chi connectivity index (χ3n) is 3.89. The van der Waals surface area contributed by atoms with Crippen LogP contribution in [0.3, 0.4) is 0 Å². The summed E-state index contributed by atoms with van der Waals surface area (Å²) in [6.45, 7) is 1.88. The molecule has 1 aliphatic heterocycles. The van der Waals surface area contributed by atoms with Crippen LogP contribution in [0.2, 0.25) is 0 Å². The molecule has 0 saturated heterocycles. The average molecular weight is 350 g/mol. The highest BCUT2D eigenvalue weighted by atomic mass is 32.2. The number of anilines is 2. The molecule has 2 aromatic rings. The molecule has 4 N–H and O–H groups in total. The Morgan fingerprint density at radius 2 is 2.12 bits per heavy atom. The van der Waals surface area contributed by atoms with Crippen molar-refractivity contribution in [1.29, 1.82) is 0 Å². The van der Waals surface area contributed by atoms with Crippen molar-refractivity contribution in [3.05, 3.63) is 47.3 Å². The fourth-order valence-corrected chi connectivity index (χ4v) is 4.01. The molecule has 0 amide bonds. The van der Waals surface area contributed by atoms with Crippen LogP contribution >= 0.6 is 0 Å². The first kappa shape index (κ1) is 16.8. The van der Waals surface area contributed by atoms with Crippen molar-refractivity contribution in [1.82, 2.24) is 0 Å². The number of sulfonamides is 1. The SMILES string of the molecule is CCc1cc(N)ccc1S(=O)(=O)Nc1cc2c(cc1F)COB2O. The molecule has 0 aromatic heterocycles. The van der Waals surface area contributed by atoms with Crippen molar-refractivity contribution in [2.45, 2.75) is 24.8 Å². The van der Waals surface area contributed by atoms with Gasteiger partial charge >= 0.3 is 7.12 Å². The molecule has 0 fully saturated rings. The highest BCUT2D eigenvalue weighted by Gasteiger charge is 2.30. The van der Waals surface area contributed by atoms with Gasteiger partial charge in [0.05, 0.1) is 17.2 Å². The van der Waals surface area contributed by atoms with Crippen LogP contribution in [0, 0.1) is 5.82 Å². The number of hydrogen-bond donors (Lipinski definition) is 3. The van der Waals surface area contributed by atoms with Crippen molar-refractivity contribution < 1.29 is 22.5 Å². The smallest absolute Gasteiger partial charge is 0.423 e. The van der Waals surface area contributed by atoms with Gasteiger partial charge in [0.15, 0.2) is 0 Å². The van der Waals surface area contributed by atoms with Crippen LogP contribution < -0.4 is 15.9 Å². The van der Waals surface area contributed by atoms with Crippen LogP contribution in [0.15, 0.2) is 35.2 Å². The standard InChI is InChI=1S/C15H16BFN2O4S/c1-2-9-5-11(18)3-4-15(9)24(21,22)19-14-7-12-10(6-13(14)17)8-23-16(12)20/h3-7,19-20H,2,8,18H2,1H3. The van der Waals surface area contributed by atoms with Crippen LogP contribution in [0.25, 0.3) is 0 Å². The zero-order valence-corrected chi connectivity index (χ0v) is 13.7. The summed E-state index contributed by atoms with van der Waals surface area (Å²) in [5.41, 5.74) is 7.27. The van der Waals surface area contributed by atoms with E-state index in [9.17, 15) is 17.8 Å². The zero-order chi connectivity index (χ0) is 17.5. The van der Waals surface area contributed by atoms with Gasteiger partial charge in [0, 0.05) is 5.69 Å². The summed E-state index contributed by atoms with van der Waals surface area (Å²) in [6, 6.07) is 6.85. The van der Waals surface area contributed by atoms with Gasteiger partial charge in [-0.1, -0.05) is 6.92 Å². The lowest BCUT2D eigenvalue weighted by atomic mass is 9.79. The summed E-state index contributed by atoms with van der Waals surface area (Å²) < 4.78 is 46.6. The number of aryl methyl sites for hydroxylation is 1. The van der Waals surface area contributed by atoms with E-state index >= 15 is 0 Å². The van der Waals surface area contributed by atoms with Crippen molar-refractivity contribution in [3.8, 4) is 0 Å². The molecule has 0 saturated carbocycles. The van der Waals surface area contributed by atoms with Gasteiger partial charge in [-0.25, -0.2) is 12.8 Å². The quantitative estimate of drug-likeness (QED) is 0.564. The number of nitrogens with one attached hydrogen (secondary N) is 1. The fraction of sp³-hybridized carbons (Fsp3) is 0.200. The van der Waals surface area contributed by atoms with Gasteiger partial charge in [0.1, 0.15) is 5.82 Å². The van der Waals surface area contributed by atoms with E-state index in [4.69, 9.17) is 10.4 Å². The second-order valence-electron chi connectivity index (χ2n) is 5.52. The third kappa shape index (κ3) is 2.97. The second-order valence-corrected chi connectivity index (χ2v) is 7.17. The number of nitrogen functional groups attached to an aromatic ring is 1. The Bertz CT molecular complexity index is 905. The van der Waals surface area contributed by atoms with E-state index in [2.05, 4.69) is 4.72 Å². The lowest BCUT2D eigenvalue weighted by Gasteiger charge is -2.13. The second kappa shape index (κ2) is 6.08. The van der Waals surface area contributed by atoms with Gasteiger partial charge in [-0.2, -0.15) is 0 Å². The normalized spacial score (nSPS) is 13.9. The van der Waals surface area contributed by atoms with Gasteiger partial charge in [-0.15, -0.1) is 0 Å². The molecule has 0 radical (unpaired) electrons. The summed E-state index contributed by atoms with van der Waals surface area (Å²) in [6.07, 6.45) is 0.459. The lowest BCUT2D eigenvalue weighted by molar-refractivity contribution is 0.275. The molecule has 126 valence electrons. The maximum Gasteiger partial charge on any atom is 0.491 e. The summed E-state index contributed by atoms with van der Waals surface area (Å²) in [5, 5.41) is 9.69. The summed E-state index contributed by atoms with van der Waals surface area (Å²) in [5.74, 6) is -0.733. The van der Waals surface area contributed by atoms with E-state index < -0.39 is 23.0 Å². The number of fused-ring (bicyclic) bond motifs is 1. The largest absolute Gasteiger partial charge is 0.491 e. The highest BCUT2D eigenvalue weighted by Crippen LogP contribution is 2.25. The van der Waals surface area contributed by atoms with Gasteiger partial charge in [-0.3, -0.25) is 4.72 Å². The molecule has 0 unspecified atom stereocenters. The molecule has 6 nitrogen and oxygen atoms in total. The summed E-state index contributed by atoms with van der Waals surface area (Å²) in [7, 11) is -5.19. The molecule has 1 heterocycles. The number of halogens is 1. The molecule has 9 heteroatoms. The number of rotatable bonds is 4. The molecule has 0 bridgehead atoms. The average Bonchev–Trinajstić information content (AvgIpc) is 2.87. The first-order valence-corrected chi connectivity index (χ1v) is 8.83. The first-order chi connectivity index (χ1) is 11.3. The molecule has 0 atom stereocenters. The molecule has 3 rings (SSSR count). The lowest BCUT2D eigenvalue weighted by Crippen LogP contribution is -2.29. The first-order valence-electron chi connectivity index (χ1n) is 7.35. The molecule has 1 aliphatic rings. The van der Waals surface area contributed by atoms with Crippen LogP contribution in [-0.2, 0) is 27.7 Å². The highest BCUT2D eigenvalue weighted by molar-refractivity contribution is 7.92. The predicted molar refractivity (Wildman–Crippen MR) is 89.8 cm³/mol. The Morgan fingerprint density at radius 1 is 1.38 bits per heavy atom. The van der Waals surface area contributed by atoms with E-state index in [1.54, 1.807) is 13.0 Å². The van der Waals surface area contributed by atoms with E-state index in [0.29, 0.717) is 28.7 Å².